The van der Waals surface area contributed by atoms with Crippen molar-refractivity contribution >= 4 is 5.78 Å². The number of likely N-dealkylation sites (tertiary alicyclic amines) is 1. The summed E-state index contributed by atoms with van der Waals surface area (Å²) in [6.07, 6.45) is 3.85. The smallest absolute Gasteiger partial charge is 0.229 e. The van der Waals surface area contributed by atoms with Gasteiger partial charge >= 0.3 is 0 Å². The number of rotatable bonds is 4. The van der Waals surface area contributed by atoms with E-state index >= 15 is 0 Å². The normalized spacial score (nSPS) is 17.0. The predicted molar refractivity (Wildman–Crippen MR) is 84.4 cm³/mol. The van der Waals surface area contributed by atoms with Crippen LogP contribution >= 0.6 is 0 Å². The molecule has 3 rings (SSSR count). The zero-order valence-corrected chi connectivity index (χ0v) is 13.5. The SMILES string of the molecule is Cc1cc(C(=O)CN2CCC(C)CC2)c(C)n1-c1ncn[nH]1. The maximum atomic E-state index is 12.6. The predicted octanol–water partition coefficient (Wildman–Crippen LogP) is 2.13. The fourth-order valence-corrected chi connectivity index (χ4v) is 3.19. The van der Waals surface area contributed by atoms with Crippen LogP contribution in [0.15, 0.2) is 12.4 Å². The van der Waals surface area contributed by atoms with Crippen molar-refractivity contribution in [3.8, 4) is 5.95 Å². The topological polar surface area (TPSA) is 66.8 Å². The lowest BCUT2D eigenvalue weighted by molar-refractivity contribution is 0.0899. The molecular formula is C16H23N5O. The van der Waals surface area contributed by atoms with Crippen LogP contribution in [0.4, 0.5) is 0 Å². The van der Waals surface area contributed by atoms with Crippen molar-refractivity contribution < 1.29 is 4.79 Å². The second-order valence-electron chi connectivity index (χ2n) is 6.31. The molecule has 22 heavy (non-hydrogen) atoms. The molecule has 0 bridgehead atoms. The van der Waals surface area contributed by atoms with E-state index in [0.29, 0.717) is 12.5 Å². The molecule has 1 N–H and O–H groups in total. The van der Waals surface area contributed by atoms with Crippen molar-refractivity contribution in [2.45, 2.75) is 33.6 Å². The van der Waals surface area contributed by atoms with Gasteiger partial charge in [-0.3, -0.25) is 14.3 Å². The molecule has 3 heterocycles. The van der Waals surface area contributed by atoms with Gasteiger partial charge in [0.25, 0.3) is 0 Å². The molecule has 0 amide bonds. The molecule has 1 fully saturated rings. The van der Waals surface area contributed by atoms with Crippen LogP contribution in [-0.2, 0) is 0 Å². The van der Waals surface area contributed by atoms with Crippen LogP contribution in [0.5, 0.6) is 0 Å². The van der Waals surface area contributed by atoms with E-state index in [1.807, 2.05) is 24.5 Å². The number of piperidine rings is 1. The molecule has 1 aliphatic heterocycles. The van der Waals surface area contributed by atoms with Crippen LogP contribution < -0.4 is 0 Å². The Labute approximate surface area is 130 Å². The number of Topliss-reactive ketones (excluding diaryl/α,β-unsaturated/α-hetero) is 1. The lowest BCUT2D eigenvalue weighted by Crippen LogP contribution is -2.36. The first-order chi connectivity index (χ1) is 10.6. The van der Waals surface area contributed by atoms with Crippen LogP contribution in [0.25, 0.3) is 5.95 Å². The van der Waals surface area contributed by atoms with Gasteiger partial charge in [0.15, 0.2) is 5.78 Å². The van der Waals surface area contributed by atoms with Crippen LogP contribution in [0.3, 0.4) is 0 Å². The molecule has 2 aromatic rings. The Kier molecular flexibility index (Phi) is 4.11. The van der Waals surface area contributed by atoms with Crippen molar-refractivity contribution in [2.24, 2.45) is 5.92 Å². The number of ketones is 1. The van der Waals surface area contributed by atoms with E-state index in [1.54, 1.807) is 0 Å². The first kappa shape index (κ1) is 15.0. The van der Waals surface area contributed by atoms with Crippen molar-refractivity contribution in [3.63, 3.8) is 0 Å². The summed E-state index contributed by atoms with van der Waals surface area (Å²) >= 11 is 0. The molecule has 0 atom stereocenters. The van der Waals surface area contributed by atoms with Gasteiger partial charge in [0.1, 0.15) is 6.33 Å². The van der Waals surface area contributed by atoms with E-state index in [9.17, 15) is 4.79 Å². The zero-order chi connectivity index (χ0) is 15.7. The Balaban J connectivity index is 1.77. The number of aryl methyl sites for hydroxylation is 1. The first-order valence-electron chi connectivity index (χ1n) is 7.86. The molecule has 1 aliphatic rings. The minimum Gasteiger partial charge on any atom is -0.296 e. The third-order valence-corrected chi connectivity index (χ3v) is 4.59. The van der Waals surface area contributed by atoms with Gasteiger partial charge in [-0.1, -0.05) is 6.92 Å². The molecule has 2 aromatic heterocycles. The average Bonchev–Trinajstić information content (AvgIpc) is 3.09. The van der Waals surface area contributed by atoms with E-state index in [0.717, 1.165) is 36.0 Å². The molecule has 118 valence electrons. The second kappa shape index (κ2) is 6.04. The van der Waals surface area contributed by atoms with Crippen molar-refractivity contribution in [2.75, 3.05) is 19.6 Å². The van der Waals surface area contributed by atoms with Gasteiger partial charge < -0.3 is 0 Å². The number of carbonyl (C=O) groups is 1. The van der Waals surface area contributed by atoms with Gasteiger partial charge in [-0.25, -0.2) is 5.10 Å². The van der Waals surface area contributed by atoms with E-state index in [-0.39, 0.29) is 5.78 Å². The summed E-state index contributed by atoms with van der Waals surface area (Å²) in [7, 11) is 0. The van der Waals surface area contributed by atoms with Gasteiger partial charge in [-0.15, -0.1) is 0 Å². The Morgan fingerprint density at radius 1 is 1.36 bits per heavy atom. The molecule has 1 saturated heterocycles. The van der Waals surface area contributed by atoms with Crippen LogP contribution in [-0.4, -0.2) is 50.1 Å². The standard InChI is InChI=1S/C16H23N5O/c1-11-4-6-20(7-5-11)9-15(22)14-8-12(2)21(13(14)3)16-17-10-18-19-16/h8,10-11H,4-7,9H2,1-3H3,(H,17,18,19). The monoisotopic (exact) mass is 301 g/mol. The number of aromatic nitrogens is 4. The van der Waals surface area contributed by atoms with Gasteiger partial charge in [-0.05, 0) is 51.8 Å². The summed E-state index contributed by atoms with van der Waals surface area (Å²) in [5, 5.41) is 6.74. The zero-order valence-electron chi connectivity index (χ0n) is 13.5. The number of nitrogens with one attached hydrogen (secondary N) is 1. The molecule has 6 heteroatoms. The Hall–Kier alpha value is -1.95. The van der Waals surface area contributed by atoms with Gasteiger partial charge in [0.05, 0.1) is 6.54 Å². The highest BCUT2D eigenvalue weighted by Gasteiger charge is 2.22. The molecule has 0 aromatic carbocycles. The Bertz CT molecular complexity index is 650. The minimum atomic E-state index is 0.188. The highest BCUT2D eigenvalue weighted by atomic mass is 16.1. The molecule has 0 radical (unpaired) electrons. The number of nitrogens with zero attached hydrogens (tertiary/aromatic N) is 4. The lowest BCUT2D eigenvalue weighted by atomic mass is 9.99. The van der Waals surface area contributed by atoms with Gasteiger partial charge in [0, 0.05) is 17.0 Å². The maximum Gasteiger partial charge on any atom is 0.229 e. The van der Waals surface area contributed by atoms with Gasteiger partial charge in [0.2, 0.25) is 5.95 Å². The van der Waals surface area contributed by atoms with E-state index in [1.165, 1.54) is 19.2 Å². The van der Waals surface area contributed by atoms with Crippen LogP contribution in [0.2, 0.25) is 0 Å². The first-order valence-corrected chi connectivity index (χ1v) is 7.86. The summed E-state index contributed by atoms with van der Waals surface area (Å²) in [5.41, 5.74) is 2.70. The highest BCUT2D eigenvalue weighted by molar-refractivity contribution is 5.99. The number of aromatic amines is 1. The summed E-state index contributed by atoms with van der Waals surface area (Å²) in [5.74, 6) is 1.62. The minimum absolute atomic E-state index is 0.188. The quantitative estimate of drug-likeness (QED) is 0.879. The number of hydrogen-bond donors (Lipinski definition) is 1. The third-order valence-electron chi connectivity index (χ3n) is 4.59. The maximum absolute atomic E-state index is 12.6. The molecule has 0 saturated carbocycles. The number of hydrogen-bond acceptors (Lipinski definition) is 4. The van der Waals surface area contributed by atoms with Crippen molar-refractivity contribution in [1.82, 2.24) is 24.6 Å². The summed E-state index contributed by atoms with van der Waals surface area (Å²) in [6.45, 7) is 8.77. The van der Waals surface area contributed by atoms with E-state index < -0.39 is 0 Å². The summed E-state index contributed by atoms with van der Waals surface area (Å²) in [4.78, 5) is 19.1. The number of H-pyrrole nitrogens is 1. The highest BCUT2D eigenvalue weighted by Crippen LogP contribution is 2.20. The summed E-state index contributed by atoms with van der Waals surface area (Å²) < 4.78 is 1.94. The summed E-state index contributed by atoms with van der Waals surface area (Å²) in [6, 6.07) is 1.95. The van der Waals surface area contributed by atoms with Crippen molar-refractivity contribution in [1.29, 1.82) is 0 Å². The van der Waals surface area contributed by atoms with E-state index in [2.05, 4.69) is 27.0 Å². The average molecular weight is 301 g/mol. The van der Waals surface area contributed by atoms with Crippen molar-refractivity contribution in [3.05, 3.63) is 29.3 Å². The molecule has 6 nitrogen and oxygen atoms in total. The van der Waals surface area contributed by atoms with Gasteiger partial charge in [-0.2, -0.15) is 10.1 Å². The molecule has 0 unspecified atom stereocenters. The molecular weight excluding hydrogens is 278 g/mol. The molecule has 0 aliphatic carbocycles. The fraction of sp³-hybridized carbons (Fsp3) is 0.562. The van der Waals surface area contributed by atoms with Crippen LogP contribution in [0, 0.1) is 19.8 Å². The third kappa shape index (κ3) is 2.83. The van der Waals surface area contributed by atoms with E-state index in [4.69, 9.17) is 0 Å². The Morgan fingerprint density at radius 2 is 2.09 bits per heavy atom. The number of carbonyl (C=O) groups excluding carboxylic acids is 1. The Morgan fingerprint density at radius 3 is 2.73 bits per heavy atom. The second-order valence-corrected chi connectivity index (χ2v) is 6.31. The molecule has 0 spiro atoms. The lowest BCUT2D eigenvalue weighted by Gasteiger charge is -2.29. The van der Waals surface area contributed by atoms with Crippen LogP contribution in [0.1, 0.15) is 41.5 Å². The fourth-order valence-electron chi connectivity index (χ4n) is 3.19. The largest absolute Gasteiger partial charge is 0.296 e.